The van der Waals surface area contributed by atoms with Crippen LogP contribution in [0.25, 0.3) is 0 Å². The number of fused-ring (bicyclic) bond motifs is 1. The first-order valence-electron chi connectivity index (χ1n) is 7.79. The van der Waals surface area contributed by atoms with Crippen molar-refractivity contribution in [3.63, 3.8) is 0 Å². The number of benzene rings is 1. The van der Waals surface area contributed by atoms with Gasteiger partial charge in [0.05, 0.1) is 0 Å². The van der Waals surface area contributed by atoms with Crippen LogP contribution in [0.1, 0.15) is 30.4 Å². The summed E-state index contributed by atoms with van der Waals surface area (Å²) >= 11 is 0. The summed E-state index contributed by atoms with van der Waals surface area (Å²) in [5, 5.41) is 0. The molecule has 21 heavy (non-hydrogen) atoms. The van der Waals surface area contributed by atoms with Crippen molar-refractivity contribution in [2.45, 2.75) is 38.6 Å². The maximum Gasteiger partial charge on any atom is 0.245 e. The van der Waals surface area contributed by atoms with Crippen molar-refractivity contribution in [2.75, 3.05) is 19.6 Å². The van der Waals surface area contributed by atoms with Gasteiger partial charge in [-0.2, -0.15) is 0 Å². The molecule has 112 valence electrons. The molecule has 4 heteroatoms. The van der Waals surface area contributed by atoms with Crippen LogP contribution in [-0.4, -0.2) is 47.3 Å². The zero-order valence-corrected chi connectivity index (χ0v) is 12.5. The number of rotatable bonds is 3. The van der Waals surface area contributed by atoms with Gasteiger partial charge in [0, 0.05) is 26.1 Å². The molecular formula is C17H22N2O2. The standard InChI is InChI=1S/C17H22N2O2/c1-13-5-2-3-6-14(13)8-11-18-12-9-16(20)19-10-4-7-15(19)17(18)21/h2-3,5-6,15H,4,7-12H2,1H3. The number of carbonyl (C=O) groups is 2. The first-order chi connectivity index (χ1) is 10.2. The van der Waals surface area contributed by atoms with Crippen LogP contribution in [0.3, 0.4) is 0 Å². The summed E-state index contributed by atoms with van der Waals surface area (Å²) in [5.41, 5.74) is 2.54. The molecule has 2 aliphatic heterocycles. The van der Waals surface area contributed by atoms with Crippen molar-refractivity contribution in [3.05, 3.63) is 35.4 Å². The number of aryl methyl sites for hydroxylation is 1. The van der Waals surface area contributed by atoms with Gasteiger partial charge >= 0.3 is 0 Å². The lowest BCUT2D eigenvalue weighted by molar-refractivity contribution is -0.139. The van der Waals surface area contributed by atoms with Gasteiger partial charge in [-0.25, -0.2) is 0 Å². The van der Waals surface area contributed by atoms with E-state index in [4.69, 9.17) is 0 Å². The maximum absolute atomic E-state index is 12.6. The molecule has 0 aliphatic carbocycles. The van der Waals surface area contributed by atoms with Crippen LogP contribution >= 0.6 is 0 Å². The summed E-state index contributed by atoms with van der Waals surface area (Å²) in [6.07, 6.45) is 3.11. The van der Waals surface area contributed by atoms with E-state index >= 15 is 0 Å². The first-order valence-corrected chi connectivity index (χ1v) is 7.79. The molecule has 2 saturated heterocycles. The summed E-state index contributed by atoms with van der Waals surface area (Å²) in [6.45, 7) is 4.13. The fourth-order valence-corrected chi connectivity index (χ4v) is 3.39. The predicted molar refractivity (Wildman–Crippen MR) is 80.8 cm³/mol. The van der Waals surface area contributed by atoms with Crippen molar-refractivity contribution >= 4 is 11.8 Å². The van der Waals surface area contributed by atoms with Gasteiger partial charge in [-0.15, -0.1) is 0 Å². The lowest BCUT2D eigenvalue weighted by Crippen LogP contribution is -2.44. The molecule has 0 saturated carbocycles. The fraction of sp³-hybridized carbons (Fsp3) is 0.529. The molecule has 2 amide bonds. The van der Waals surface area contributed by atoms with E-state index in [1.54, 1.807) is 4.90 Å². The van der Waals surface area contributed by atoms with Gasteiger partial charge in [0.15, 0.2) is 0 Å². The highest BCUT2D eigenvalue weighted by Gasteiger charge is 2.38. The third-order valence-electron chi connectivity index (χ3n) is 4.68. The summed E-state index contributed by atoms with van der Waals surface area (Å²) < 4.78 is 0. The largest absolute Gasteiger partial charge is 0.340 e. The Balaban J connectivity index is 1.69. The minimum absolute atomic E-state index is 0.143. The van der Waals surface area contributed by atoms with Crippen LogP contribution in [-0.2, 0) is 16.0 Å². The summed E-state index contributed by atoms with van der Waals surface area (Å²) in [5.74, 6) is 0.288. The Kier molecular flexibility index (Phi) is 3.95. The Morgan fingerprint density at radius 2 is 2.00 bits per heavy atom. The van der Waals surface area contributed by atoms with Gasteiger partial charge in [0.2, 0.25) is 11.8 Å². The molecular weight excluding hydrogens is 264 g/mol. The van der Waals surface area contributed by atoms with Crippen LogP contribution in [0.2, 0.25) is 0 Å². The van der Waals surface area contributed by atoms with E-state index in [2.05, 4.69) is 19.1 Å². The van der Waals surface area contributed by atoms with Crippen LogP contribution in [0.5, 0.6) is 0 Å². The average molecular weight is 286 g/mol. The Labute approximate surface area is 125 Å². The Morgan fingerprint density at radius 1 is 1.19 bits per heavy atom. The molecule has 2 fully saturated rings. The van der Waals surface area contributed by atoms with E-state index in [1.165, 1.54) is 11.1 Å². The van der Waals surface area contributed by atoms with Gasteiger partial charge in [0.1, 0.15) is 6.04 Å². The first kappa shape index (κ1) is 14.1. The lowest BCUT2D eigenvalue weighted by atomic mass is 10.1. The Morgan fingerprint density at radius 3 is 2.81 bits per heavy atom. The van der Waals surface area contributed by atoms with Crippen molar-refractivity contribution in [3.8, 4) is 0 Å². The fourth-order valence-electron chi connectivity index (χ4n) is 3.39. The number of hydrogen-bond donors (Lipinski definition) is 0. The highest BCUT2D eigenvalue weighted by molar-refractivity contribution is 5.90. The van der Waals surface area contributed by atoms with Gasteiger partial charge < -0.3 is 9.80 Å². The molecule has 0 bridgehead atoms. The monoisotopic (exact) mass is 286 g/mol. The van der Waals surface area contributed by atoms with E-state index in [1.807, 2.05) is 17.0 Å². The Bertz CT molecular complexity index is 555. The zero-order chi connectivity index (χ0) is 14.8. The van der Waals surface area contributed by atoms with E-state index < -0.39 is 0 Å². The predicted octanol–water partition coefficient (Wildman–Crippen LogP) is 1.76. The van der Waals surface area contributed by atoms with E-state index in [0.29, 0.717) is 19.5 Å². The van der Waals surface area contributed by atoms with Crippen LogP contribution < -0.4 is 0 Å². The normalized spacial score (nSPS) is 22.4. The number of hydrogen-bond acceptors (Lipinski definition) is 2. The van der Waals surface area contributed by atoms with Gasteiger partial charge in [0.25, 0.3) is 0 Å². The van der Waals surface area contributed by atoms with E-state index in [9.17, 15) is 9.59 Å². The molecule has 2 heterocycles. The van der Waals surface area contributed by atoms with Crippen molar-refractivity contribution in [2.24, 2.45) is 0 Å². The van der Waals surface area contributed by atoms with Gasteiger partial charge in [-0.05, 0) is 37.3 Å². The third-order valence-corrected chi connectivity index (χ3v) is 4.68. The average Bonchev–Trinajstić information content (AvgIpc) is 2.94. The summed E-state index contributed by atoms with van der Waals surface area (Å²) in [6, 6.07) is 8.09. The molecule has 3 rings (SSSR count). The molecule has 1 aromatic carbocycles. The lowest BCUT2D eigenvalue weighted by Gasteiger charge is -2.25. The van der Waals surface area contributed by atoms with Gasteiger partial charge in [-0.3, -0.25) is 9.59 Å². The summed E-state index contributed by atoms with van der Waals surface area (Å²) in [4.78, 5) is 28.3. The van der Waals surface area contributed by atoms with E-state index in [-0.39, 0.29) is 17.9 Å². The van der Waals surface area contributed by atoms with Crippen LogP contribution in [0, 0.1) is 6.92 Å². The van der Waals surface area contributed by atoms with Crippen molar-refractivity contribution < 1.29 is 9.59 Å². The zero-order valence-electron chi connectivity index (χ0n) is 12.5. The number of nitrogens with zero attached hydrogens (tertiary/aromatic N) is 2. The van der Waals surface area contributed by atoms with E-state index in [0.717, 1.165) is 25.8 Å². The van der Waals surface area contributed by atoms with Crippen molar-refractivity contribution in [1.82, 2.24) is 9.80 Å². The molecule has 0 radical (unpaired) electrons. The highest BCUT2D eigenvalue weighted by Crippen LogP contribution is 2.23. The smallest absolute Gasteiger partial charge is 0.245 e. The Hall–Kier alpha value is -1.84. The molecule has 1 aromatic rings. The van der Waals surface area contributed by atoms with Crippen LogP contribution in [0.15, 0.2) is 24.3 Å². The topological polar surface area (TPSA) is 40.6 Å². The second-order valence-electron chi connectivity index (χ2n) is 6.00. The summed E-state index contributed by atoms with van der Waals surface area (Å²) in [7, 11) is 0. The second kappa shape index (κ2) is 5.88. The SMILES string of the molecule is Cc1ccccc1CCN1CCC(=O)N2CCCC2C1=O. The molecule has 0 N–H and O–H groups in total. The molecule has 1 atom stereocenters. The molecule has 2 aliphatic rings. The number of carbonyl (C=O) groups excluding carboxylic acids is 2. The second-order valence-corrected chi connectivity index (χ2v) is 6.00. The number of amides is 2. The minimum atomic E-state index is -0.197. The molecule has 0 aromatic heterocycles. The quantitative estimate of drug-likeness (QED) is 0.849. The van der Waals surface area contributed by atoms with Gasteiger partial charge in [-0.1, -0.05) is 24.3 Å². The maximum atomic E-state index is 12.6. The molecule has 0 spiro atoms. The molecule has 1 unspecified atom stereocenters. The van der Waals surface area contributed by atoms with Crippen LogP contribution in [0.4, 0.5) is 0 Å². The third kappa shape index (κ3) is 2.80. The van der Waals surface area contributed by atoms with Crippen molar-refractivity contribution in [1.29, 1.82) is 0 Å². The minimum Gasteiger partial charge on any atom is -0.340 e. The highest BCUT2D eigenvalue weighted by atomic mass is 16.2. The molecule has 4 nitrogen and oxygen atoms in total.